The van der Waals surface area contributed by atoms with Crippen LogP contribution in [-0.2, 0) is 5.41 Å². The normalized spacial score (nSPS) is 22.1. The molecule has 1 spiro atoms. The van der Waals surface area contributed by atoms with Crippen LogP contribution in [0.25, 0.3) is 60.9 Å². The van der Waals surface area contributed by atoms with Gasteiger partial charge in [0.25, 0.3) is 0 Å². The smallest absolute Gasteiger partial charge is 0.0584 e. The van der Waals surface area contributed by atoms with Crippen LogP contribution < -0.4 is 4.90 Å². The van der Waals surface area contributed by atoms with Gasteiger partial charge in [-0.1, -0.05) is 146 Å². The average Bonchev–Trinajstić information content (AvgIpc) is 3.65. The molecule has 8 aromatic carbocycles. The summed E-state index contributed by atoms with van der Waals surface area (Å²) in [5.41, 5.74) is 18.2. The fourth-order valence-corrected chi connectivity index (χ4v) is 12.9. The van der Waals surface area contributed by atoms with Gasteiger partial charge >= 0.3 is 0 Å². The second-order valence-electron chi connectivity index (χ2n) is 18.2. The number of hydrogen-bond acceptors (Lipinski definition) is 1. The summed E-state index contributed by atoms with van der Waals surface area (Å²) >= 11 is 0. The van der Waals surface area contributed by atoms with Gasteiger partial charge in [-0.25, -0.2) is 0 Å². The van der Waals surface area contributed by atoms with Gasteiger partial charge in [-0.05, 0) is 149 Å². The molecule has 0 N–H and O–H groups in total. The number of benzene rings is 8. The zero-order valence-electron chi connectivity index (χ0n) is 33.7. The Labute approximate surface area is 352 Å². The first-order valence-corrected chi connectivity index (χ1v) is 22.1. The van der Waals surface area contributed by atoms with Gasteiger partial charge in [-0.2, -0.15) is 0 Å². The highest BCUT2D eigenvalue weighted by Gasteiger charge is 2.61. The number of aromatic nitrogens is 1. The van der Waals surface area contributed by atoms with Crippen molar-refractivity contribution in [3.63, 3.8) is 0 Å². The van der Waals surface area contributed by atoms with E-state index in [0.717, 1.165) is 17.5 Å². The molecule has 0 saturated heterocycles. The Bertz CT molecular complexity index is 3040. The molecule has 60 heavy (non-hydrogen) atoms. The molecule has 2 heterocycles. The zero-order valence-corrected chi connectivity index (χ0v) is 33.7. The molecule has 4 fully saturated rings. The fraction of sp³-hybridized carbons (Fsp3) is 0.172. The second-order valence-corrected chi connectivity index (χ2v) is 18.2. The topological polar surface area (TPSA) is 8.17 Å². The first-order valence-electron chi connectivity index (χ1n) is 22.1. The summed E-state index contributed by atoms with van der Waals surface area (Å²) in [7, 11) is 0. The molecule has 1 aliphatic heterocycles. The Balaban J connectivity index is 1.02. The predicted octanol–water partition coefficient (Wildman–Crippen LogP) is 15.3. The molecule has 0 atom stereocenters. The van der Waals surface area contributed by atoms with E-state index in [0.29, 0.717) is 11.8 Å². The minimum Gasteiger partial charge on any atom is -0.310 e. The van der Waals surface area contributed by atoms with Crippen molar-refractivity contribution in [2.45, 2.75) is 37.5 Å². The van der Waals surface area contributed by atoms with Crippen molar-refractivity contribution in [1.29, 1.82) is 0 Å². The predicted molar refractivity (Wildman–Crippen MR) is 250 cm³/mol. The summed E-state index contributed by atoms with van der Waals surface area (Å²) in [5.74, 6) is 3.08. The third kappa shape index (κ3) is 5.00. The maximum atomic E-state index is 2.65. The lowest BCUT2D eigenvalue weighted by Gasteiger charge is -2.63. The molecular formula is C58H46N2. The Hall–Kier alpha value is -6.64. The Morgan fingerprint density at radius 2 is 0.850 bits per heavy atom. The summed E-state index contributed by atoms with van der Waals surface area (Å²) in [6.45, 7) is 0. The fourth-order valence-electron chi connectivity index (χ4n) is 12.9. The van der Waals surface area contributed by atoms with E-state index in [9.17, 15) is 0 Å². The molecule has 1 aromatic heterocycles. The van der Waals surface area contributed by atoms with Gasteiger partial charge in [0, 0.05) is 33.2 Å². The van der Waals surface area contributed by atoms with E-state index in [1.807, 2.05) is 0 Å². The van der Waals surface area contributed by atoms with Crippen LogP contribution in [0.5, 0.6) is 0 Å². The van der Waals surface area contributed by atoms with Gasteiger partial charge in [0.15, 0.2) is 0 Å². The quantitative estimate of drug-likeness (QED) is 0.163. The van der Waals surface area contributed by atoms with E-state index in [1.54, 1.807) is 11.1 Å². The van der Waals surface area contributed by atoms with Crippen LogP contribution in [-0.4, -0.2) is 4.57 Å². The standard InChI is InChI=1S/C58H46N2/c1-3-11-40(12-4-1)42-19-21-43(22-20-42)45-25-29-49(30-26-45)59(48-27-23-44(24-28-48)41-13-5-2-6-14-41)50-36-52-51-15-7-9-17-55(51)60-56-18-10-8-16-53(56)58(54(37-50)57(52)60)46-32-38-31-39(34-46)35-47(58)33-38/h1-30,36-39,46-47H,31-35H2. The molecule has 4 saturated carbocycles. The number of anilines is 3. The number of fused-ring (bicyclic) bond motifs is 5. The van der Waals surface area contributed by atoms with Crippen molar-refractivity contribution < 1.29 is 0 Å². The van der Waals surface area contributed by atoms with Crippen molar-refractivity contribution in [2.24, 2.45) is 23.7 Å². The molecule has 14 rings (SSSR count). The highest BCUT2D eigenvalue weighted by Crippen LogP contribution is 2.68. The van der Waals surface area contributed by atoms with Gasteiger partial charge in [0.2, 0.25) is 0 Å². The van der Waals surface area contributed by atoms with Crippen LogP contribution in [0, 0.1) is 23.7 Å². The highest BCUT2D eigenvalue weighted by molar-refractivity contribution is 6.13. The summed E-state index contributed by atoms with van der Waals surface area (Å²) in [6.07, 6.45) is 6.86. The van der Waals surface area contributed by atoms with Crippen molar-refractivity contribution in [3.05, 3.63) is 205 Å². The molecule has 4 aliphatic carbocycles. The Morgan fingerprint density at radius 3 is 1.42 bits per heavy atom. The molecule has 2 nitrogen and oxygen atoms in total. The van der Waals surface area contributed by atoms with Crippen LogP contribution in [0.2, 0.25) is 0 Å². The lowest BCUT2D eigenvalue weighted by molar-refractivity contribution is -0.0418. The molecular weight excluding hydrogens is 725 g/mol. The van der Waals surface area contributed by atoms with Crippen LogP contribution in [0.4, 0.5) is 17.1 Å². The molecule has 4 bridgehead atoms. The van der Waals surface area contributed by atoms with E-state index < -0.39 is 0 Å². The first kappa shape index (κ1) is 34.2. The largest absolute Gasteiger partial charge is 0.310 e. The molecule has 288 valence electrons. The first-order chi connectivity index (χ1) is 29.7. The van der Waals surface area contributed by atoms with Crippen molar-refractivity contribution in [2.75, 3.05) is 4.90 Å². The van der Waals surface area contributed by atoms with Crippen LogP contribution in [0.15, 0.2) is 194 Å². The van der Waals surface area contributed by atoms with Gasteiger partial charge in [-0.15, -0.1) is 0 Å². The SMILES string of the molecule is c1ccc(-c2ccc(-c3ccc(N(c4ccc(-c5ccccc5)cc4)c4cc5c6c(c4)c4ccccc4n6-c4ccccc4C54C5CC6CC(C5)CC4C6)cc3)cc2)cc1. The highest BCUT2D eigenvalue weighted by atomic mass is 15.1. The molecule has 0 unspecified atom stereocenters. The lowest BCUT2D eigenvalue weighted by atomic mass is 9.41. The van der Waals surface area contributed by atoms with Crippen molar-refractivity contribution >= 4 is 38.9 Å². The minimum atomic E-state index is 0.00125. The van der Waals surface area contributed by atoms with Gasteiger partial charge in [-0.3, -0.25) is 0 Å². The minimum absolute atomic E-state index is 0.00125. The van der Waals surface area contributed by atoms with Crippen LogP contribution >= 0.6 is 0 Å². The number of nitrogens with zero attached hydrogens (tertiary/aromatic N) is 2. The maximum absolute atomic E-state index is 2.65. The Kier molecular flexibility index (Phi) is 7.52. The van der Waals surface area contributed by atoms with Crippen molar-refractivity contribution in [3.8, 4) is 39.1 Å². The maximum Gasteiger partial charge on any atom is 0.0584 e. The number of hydrogen-bond donors (Lipinski definition) is 0. The second kappa shape index (κ2) is 13.2. The van der Waals surface area contributed by atoms with E-state index >= 15 is 0 Å². The number of para-hydroxylation sites is 2. The lowest BCUT2D eigenvalue weighted by Crippen LogP contribution is -2.57. The Morgan fingerprint density at radius 1 is 0.383 bits per heavy atom. The zero-order chi connectivity index (χ0) is 39.4. The van der Waals surface area contributed by atoms with E-state index in [1.165, 1.54) is 104 Å². The monoisotopic (exact) mass is 770 g/mol. The molecule has 0 amide bonds. The van der Waals surface area contributed by atoms with E-state index in [4.69, 9.17) is 0 Å². The van der Waals surface area contributed by atoms with Gasteiger partial charge < -0.3 is 9.47 Å². The van der Waals surface area contributed by atoms with Crippen LogP contribution in [0.3, 0.4) is 0 Å². The average molecular weight is 771 g/mol. The van der Waals surface area contributed by atoms with Crippen molar-refractivity contribution in [1.82, 2.24) is 4.57 Å². The summed E-state index contributed by atoms with van der Waals surface area (Å²) < 4.78 is 2.63. The third-order valence-corrected chi connectivity index (χ3v) is 15.2. The molecule has 0 radical (unpaired) electrons. The summed E-state index contributed by atoms with van der Waals surface area (Å²) in [6, 6.07) is 72.8. The van der Waals surface area contributed by atoms with Gasteiger partial charge in [0.05, 0.1) is 16.7 Å². The van der Waals surface area contributed by atoms with E-state index in [-0.39, 0.29) is 5.41 Å². The molecule has 9 aromatic rings. The summed E-state index contributed by atoms with van der Waals surface area (Å²) in [4.78, 5) is 2.53. The van der Waals surface area contributed by atoms with Gasteiger partial charge in [0.1, 0.15) is 0 Å². The summed E-state index contributed by atoms with van der Waals surface area (Å²) in [5, 5.41) is 2.70. The molecule has 5 aliphatic rings. The number of rotatable bonds is 6. The molecule has 2 heteroatoms. The van der Waals surface area contributed by atoms with E-state index in [2.05, 4.69) is 204 Å². The van der Waals surface area contributed by atoms with Crippen LogP contribution in [0.1, 0.15) is 43.2 Å². The third-order valence-electron chi connectivity index (χ3n) is 15.2.